The number of urea groups is 1. The Morgan fingerprint density at radius 2 is 1.94 bits per heavy atom. The van der Waals surface area contributed by atoms with Crippen LogP contribution in [0.5, 0.6) is 0 Å². The molecule has 0 saturated heterocycles. The standard InChI is InChI=1S/C22H15F4N3OS.ClH/c23-17-7-15(14-2-1-4-27-11-14)8-18(9-17)28-21(30)29-5-3-13-6-16(12-31)19(10-20(13)29)22(24,25)26;/h1-2,4,6-12H,3,5H2,(H,28,30);1H. The van der Waals surface area contributed by atoms with Gasteiger partial charge in [0.2, 0.25) is 0 Å². The van der Waals surface area contributed by atoms with Gasteiger partial charge in [0.15, 0.2) is 0 Å². The topological polar surface area (TPSA) is 45.2 Å². The van der Waals surface area contributed by atoms with Crippen LogP contribution in [0.15, 0.2) is 54.9 Å². The molecule has 0 radical (unpaired) electrons. The Bertz CT molecular complexity index is 1170. The Morgan fingerprint density at radius 3 is 2.59 bits per heavy atom. The fourth-order valence-electron chi connectivity index (χ4n) is 3.56. The lowest BCUT2D eigenvalue weighted by molar-refractivity contribution is -0.137. The van der Waals surface area contributed by atoms with Gasteiger partial charge in [-0.3, -0.25) is 9.88 Å². The van der Waals surface area contributed by atoms with Gasteiger partial charge < -0.3 is 5.32 Å². The summed E-state index contributed by atoms with van der Waals surface area (Å²) >= 11 is 4.72. The van der Waals surface area contributed by atoms with E-state index in [0.29, 0.717) is 23.1 Å². The molecule has 0 unspecified atom stereocenters. The zero-order valence-electron chi connectivity index (χ0n) is 16.3. The minimum absolute atomic E-state index is 0. The van der Waals surface area contributed by atoms with E-state index in [1.54, 1.807) is 30.6 Å². The van der Waals surface area contributed by atoms with Gasteiger partial charge in [-0.1, -0.05) is 18.3 Å². The van der Waals surface area contributed by atoms with E-state index in [2.05, 4.69) is 10.3 Å². The molecule has 1 N–H and O–H groups in total. The van der Waals surface area contributed by atoms with Crippen molar-refractivity contribution in [3.8, 4) is 11.1 Å². The summed E-state index contributed by atoms with van der Waals surface area (Å²) in [7, 11) is 0. The Hall–Kier alpha value is -3.04. The van der Waals surface area contributed by atoms with Gasteiger partial charge in [0.1, 0.15) is 5.82 Å². The largest absolute Gasteiger partial charge is 0.417 e. The lowest BCUT2D eigenvalue weighted by atomic mass is 10.0. The van der Waals surface area contributed by atoms with E-state index >= 15 is 0 Å². The molecule has 2 heterocycles. The SMILES string of the molecule is Cl.O=C(Nc1cc(F)cc(-c2cccnc2)c1)N1CCc2cc(C=S)c(C(F)(F)F)cc21. The molecule has 166 valence electrons. The number of pyridine rings is 1. The van der Waals surface area contributed by atoms with Gasteiger partial charge in [0.25, 0.3) is 0 Å². The van der Waals surface area contributed by atoms with E-state index in [1.807, 2.05) is 0 Å². The molecule has 0 bridgehead atoms. The molecule has 0 aliphatic carbocycles. The van der Waals surface area contributed by atoms with E-state index in [4.69, 9.17) is 12.2 Å². The van der Waals surface area contributed by atoms with Crippen LogP contribution in [0.4, 0.5) is 33.7 Å². The molecule has 2 aromatic carbocycles. The number of rotatable bonds is 3. The Kier molecular flexibility index (Phi) is 6.80. The maximum Gasteiger partial charge on any atom is 0.417 e. The normalized spacial score (nSPS) is 12.7. The number of hydrogen-bond acceptors (Lipinski definition) is 3. The number of amides is 2. The number of carbonyl (C=O) groups excluding carboxylic acids is 1. The summed E-state index contributed by atoms with van der Waals surface area (Å²) in [5.74, 6) is -0.566. The number of nitrogens with one attached hydrogen (secondary N) is 1. The van der Waals surface area contributed by atoms with Gasteiger partial charge >= 0.3 is 12.2 Å². The van der Waals surface area contributed by atoms with Crippen molar-refractivity contribution in [2.45, 2.75) is 12.6 Å². The average Bonchev–Trinajstić information content (AvgIpc) is 3.15. The number of carbonyl (C=O) groups is 1. The van der Waals surface area contributed by atoms with Crippen LogP contribution in [0.25, 0.3) is 11.1 Å². The zero-order chi connectivity index (χ0) is 22.2. The van der Waals surface area contributed by atoms with Crippen molar-refractivity contribution in [1.82, 2.24) is 4.98 Å². The fourth-order valence-corrected chi connectivity index (χ4v) is 3.76. The molecule has 32 heavy (non-hydrogen) atoms. The monoisotopic (exact) mass is 481 g/mol. The third kappa shape index (κ3) is 4.73. The zero-order valence-corrected chi connectivity index (χ0v) is 18.0. The third-order valence-corrected chi connectivity index (χ3v) is 5.22. The van der Waals surface area contributed by atoms with Gasteiger partial charge in [-0.05, 0) is 59.5 Å². The Labute approximate surface area is 192 Å². The number of halogens is 5. The summed E-state index contributed by atoms with van der Waals surface area (Å²) in [6.07, 6.45) is -1.07. The molecular formula is C22H16ClF4N3OS. The summed E-state index contributed by atoms with van der Waals surface area (Å²) in [5, 5.41) is 3.56. The van der Waals surface area contributed by atoms with Gasteiger partial charge in [0, 0.05) is 41.2 Å². The molecule has 10 heteroatoms. The lowest BCUT2D eigenvalue weighted by Gasteiger charge is -2.20. The molecular weight excluding hydrogens is 466 g/mol. The highest BCUT2D eigenvalue weighted by atomic mass is 35.5. The average molecular weight is 482 g/mol. The predicted molar refractivity (Wildman–Crippen MR) is 121 cm³/mol. The van der Waals surface area contributed by atoms with Crippen LogP contribution in [-0.2, 0) is 12.6 Å². The number of thiocarbonyl (C=S) groups is 1. The second-order valence-corrected chi connectivity index (χ2v) is 7.22. The Balaban J connectivity index is 0.00000289. The molecule has 1 aromatic heterocycles. The van der Waals surface area contributed by atoms with E-state index in [9.17, 15) is 22.4 Å². The van der Waals surface area contributed by atoms with E-state index < -0.39 is 23.6 Å². The number of fused-ring (bicyclic) bond motifs is 1. The van der Waals surface area contributed by atoms with Crippen molar-refractivity contribution >= 4 is 47.4 Å². The van der Waals surface area contributed by atoms with Gasteiger partial charge in [0.05, 0.1) is 5.56 Å². The molecule has 0 fully saturated rings. The molecule has 0 spiro atoms. The Morgan fingerprint density at radius 1 is 1.16 bits per heavy atom. The first kappa shape index (κ1) is 23.6. The van der Waals surface area contributed by atoms with Gasteiger partial charge in [-0.2, -0.15) is 13.2 Å². The minimum atomic E-state index is -4.61. The van der Waals surface area contributed by atoms with Crippen LogP contribution in [0.3, 0.4) is 0 Å². The molecule has 4 rings (SSSR count). The summed E-state index contributed by atoms with van der Waals surface area (Å²) in [6.45, 7) is 0.199. The van der Waals surface area contributed by atoms with Crippen LogP contribution in [0.1, 0.15) is 16.7 Å². The molecule has 0 atom stereocenters. The van der Waals surface area contributed by atoms with Crippen molar-refractivity contribution in [1.29, 1.82) is 0 Å². The molecule has 1 aliphatic rings. The quantitative estimate of drug-likeness (QED) is 0.354. The lowest BCUT2D eigenvalue weighted by Crippen LogP contribution is -2.33. The first-order valence-electron chi connectivity index (χ1n) is 9.25. The molecule has 2 amide bonds. The number of alkyl halides is 3. The fraction of sp³-hybridized carbons (Fsp3) is 0.136. The predicted octanol–water partition coefficient (Wildman–Crippen LogP) is 6.27. The van der Waals surface area contributed by atoms with E-state index in [0.717, 1.165) is 17.5 Å². The summed E-state index contributed by atoms with van der Waals surface area (Å²) < 4.78 is 54.3. The third-order valence-electron chi connectivity index (χ3n) is 4.97. The summed E-state index contributed by atoms with van der Waals surface area (Å²) in [5.41, 5.74) is 1.11. The highest BCUT2D eigenvalue weighted by Gasteiger charge is 2.36. The van der Waals surface area contributed by atoms with Gasteiger partial charge in [-0.15, -0.1) is 12.4 Å². The molecule has 0 saturated carbocycles. The first-order valence-corrected chi connectivity index (χ1v) is 9.72. The molecule has 1 aliphatic heterocycles. The van der Waals surface area contributed by atoms with Crippen molar-refractivity contribution in [2.75, 3.05) is 16.8 Å². The van der Waals surface area contributed by atoms with Crippen LogP contribution in [-0.4, -0.2) is 22.9 Å². The van der Waals surface area contributed by atoms with Crippen molar-refractivity contribution in [3.63, 3.8) is 0 Å². The molecule has 4 nitrogen and oxygen atoms in total. The molecule has 3 aromatic rings. The number of anilines is 2. The number of aromatic nitrogens is 1. The highest BCUT2D eigenvalue weighted by molar-refractivity contribution is 7.79. The second kappa shape index (κ2) is 9.22. The van der Waals surface area contributed by atoms with Crippen LogP contribution in [0.2, 0.25) is 0 Å². The summed E-state index contributed by atoms with van der Waals surface area (Å²) in [4.78, 5) is 18.0. The smallest absolute Gasteiger partial charge is 0.307 e. The van der Waals surface area contributed by atoms with Gasteiger partial charge in [-0.25, -0.2) is 9.18 Å². The van der Waals surface area contributed by atoms with Crippen molar-refractivity contribution in [3.05, 3.63) is 77.4 Å². The maximum atomic E-state index is 14.1. The maximum absolute atomic E-state index is 14.1. The van der Waals surface area contributed by atoms with E-state index in [1.165, 1.54) is 17.0 Å². The summed E-state index contributed by atoms with van der Waals surface area (Å²) in [6, 6.07) is 9.12. The van der Waals surface area contributed by atoms with Crippen molar-refractivity contribution < 1.29 is 22.4 Å². The number of hydrogen-bond donors (Lipinski definition) is 1. The second-order valence-electron chi connectivity index (χ2n) is 6.99. The highest BCUT2D eigenvalue weighted by Crippen LogP contribution is 2.38. The van der Waals surface area contributed by atoms with Crippen LogP contribution >= 0.6 is 24.6 Å². The minimum Gasteiger partial charge on any atom is -0.307 e. The number of benzene rings is 2. The van der Waals surface area contributed by atoms with Crippen LogP contribution in [0, 0.1) is 5.82 Å². The first-order chi connectivity index (χ1) is 14.8. The van der Waals surface area contributed by atoms with Crippen molar-refractivity contribution in [2.24, 2.45) is 0 Å². The number of nitrogens with zero attached hydrogens (tertiary/aromatic N) is 2. The van der Waals surface area contributed by atoms with E-state index in [-0.39, 0.29) is 35.9 Å². The van der Waals surface area contributed by atoms with Crippen LogP contribution < -0.4 is 10.2 Å².